The molecule has 17 heavy (non-hydrogen) atoms. The highest BCUT2D eigenvalue weighted by Gasteiger charge is 2.64. The summed E-state index contributed by atoms with van der Waals surface area (Å²) in [5.74, 6) is -2.70. The molecule has 1 heterocycles. The molecule has 1 saturated heterocycles. The van der Waals surface area contributed by atoms with Gasteiger partial charge in [0.2, 0.25) is 5.91 Å². The molecular formula is C8H12NO7P. The van der Waals surface area contributed by atoms with E-state index in [1.165, 1.54) is 0 Å². The summed E-state index contributed by atoms with van der Waals surface area (Å²) in [5.41, 5.74) is -2.14. The quantitative estimate of drug-likeness (QED) is 0.358. The SMILES string of the molecule is O=C1NC(=O)C2(OP(=O)(O)O)C(O)CCCC12. The van der Waals surface area contributed by atoms with E-state index in [1.54, 1.807) is 0 Å². The molecule has 3 atom stereocenters. The van der Waals surface area contributed by atoms with Crippen LogP contribution in [-0.4, -0.2) is 38.4 Å². The Hall–Kier alpha value is -0.790. The number of fused-ring (bicyclic) bond motifs is 1. The van der Waals surface area contributed by atoms with Crippen molar-refractivity contribution in [3.63, 3.8) is 0 Å². The van der Waals surface area contributed by atoms with Gasteiger partial charge in [0.15, 0.2) is 5.60 Å². The summed E-state index contributed by atoms with van der Waals surface area (Å²) >= 11 is 0. The number of rotatable bonds is 2. The van der Waals surface area contributed by atoms with Gasteiger partial charge < -0.3 is 14.9 Å². The fourth-order valence-corrected chi connectivity index (χ4v) is 3.20. The standard InChI is InChI=1S/C8H12NO7P/c10-5-3-1-2-4-6(11)9-7(12)8(4,5)16-17(13,14)15/h4-5,10H,1-3H2,(H,9,11,12)(H2,13,14,15). The van der Waals surface area contributed by atoms with Gasteiger partial charge in [-0.15, -0.1) is 0 Å². The molecule has 1 saturated carbocycles. The zero-order valence-electron chi connectivity index (χ0n) is 8.70. The van der Waals surface area contributed by atoms with E-state index < -0.39 is 37.3 Å². The lowest BCUT2D eigenvalue weighted by molar-refractivity contribution is -0.158. The number of hydrogen-bond acceptors (Lipinski definition) is 5. The van der Waals surface area contributed by atoms with Crippen LogP contribution in [0.4, 0.5) is 0 Å². The highest BCUT2D eigenvalue weighted by Crippen LogP contribution is 2.51. The van der Waals surface area contributed by atoms with Crippen molar-refractivity contribution in [3.8, 4) is 0 Å². The first-order chi connectivity index (χ1) is 7.77. The molecular weight excluding hydrogens is 253 g/mol. The van der Waals surface area contributed by atoms with Crippen LogP contribution < -0.4 is 5.32 Å². The second-order valence-electron chi connectivity index (χ2n) is 4.19. The van der Waals surface area contributed by atoms with Gasteiger partial charge >= 0.3 is 7.82 Å². The summed E-state index contributed by atoms with van der Waals surface area (Å²) in [6, 6.07) is 0. The Balaban J connectivity index is 2.44. The van der Waals surface area contributed by atoms with Crippen molar-refractivity contribution in [1.82, 2.24) is 5.32 Å². The Kier molecular flexibility index (Phi) is 2.87. The van der Waals surface area contributed by atoms with Crippen LogP contribution in [0, 0.1) is 5.92 Å². The average molecular weight is 265 g/mol. The van der Waals surface area contributed by atoms with E-state index in [9.17, 15) is 19.3 Å². The van der Waals surface area contributed by atoms with Crippen LogP contribution in [0.5, 0.6) is 0 Å². The van der Waals surface area contributed by atoms with Gasteiger partial charge in [0.1, 0.15) is 0 Å². The molecule has 8 nitrogen and oxygen atoms in total. The molecule has 2 amide bonds. The fourth-order valence-electron chi connectivity index (χ4n) is 2.47. The van der Waals surface area contributed by atoms with Gasteiger partial charge in [-0.3, -0.25) is 19.4 Å². The first-order valence-electron chi connectivity index (χ1n) is 5.07. The summed E-state index contributed by atoms with van der Waals surface area (Å²) in [5, 5.41) is 11.7. The van der Waals surface area contributed by atoms with Crippen LogP contribution in [0.25, 0.3) is 0 Å². The molecule has 0 radical (unpaired) electrons. The highest BCUT2D eigenvalue weighted by atomic mass is 31.2. The fraction of sp³-hybridized carbons (Fsp3) is 0.750. The lowest BCUT2D eigenvalue weighted by atomic mass is 9.75. The largest absolute Gasteiger partial charge is 0.470 e. The zero-order valence-corrected chi connectivity index (χ0v) is 9.59. The summed E-state index contributed by atoms with van der Waals surface area (Å²) in [7, 11) is -4.99. The van der Waals surface area contributed by atoms with Gasteiger partial charge in [0.05, 0.1) is 12.0 Å². The number of amides is 2. The minimum atomic E-state index is -4.99. The van der Waals surface area contributed by atoms with Crippen molar-refractivity contribution in [2.45, 2.75) is 31.0 Å². The van der Waals surface area contributed by atoms with Crippen LogP contribution in [-0.2, 0) is 18.7 Å². The van der Waals surface area contributed by atoms with Crippen LogP contribution in [0.3, 0.4) is 0 Å². The molecule has 1 aliphatic heterocycles. The van der Waals surface area contributed by atoms with E-state index in [2.05, 4.69) is 4.52 Å². The lowest BCUT2D eigenvalue weighted by Crippen LogP contribution is -2.56. The highest BCUT2D eigenvalue weighted by molar-refractivity contribution is 7.46. The number of hydrogen-bond donors (Lipinski definition) is 4. The molecule has 1 aliphatic carbocycles. The van der Waals surface area contributed by atoms with E-state index >= 15 is 0 Å². The molecule has 96 valence electrons. The lowest BCUT2D eigenvalue weighted by Gasteiger charge is -2.38. The molecule has 2 rings (SSSR count). The van der Waals surface area contributed by atoms with Crippen molar-refractivity contribution in [2.75, 3.05) is 0 Å². The maximum atomic E-state index is 11.7. The Morgan fingerprint density at radius 1 is 1.35 bits per heavy atom. The Morgan fingerprint density at radius 3 is 2.59 bits per heavy atom. The minimum Gasteiger partial charge on any atom is -0.390 e. The van der Waals surface area contributed by atoms with Gasteiger partial charge in [-0.2, -0.15) is 0 Å². The van der Waals surface area contributed by atoms with Gasteiger partial charge in [0, 0.05) is 0 Å². The summed E-state index contributed by atoms with van der Waals surface area (Å²) < 4.78 is 15.4. The van der Waals surface area contributed by atoms with Crippen molar-refractivity contribution in [1.29, 1.82) is 0 Å². The predicted octanol–water partition coefficient (Wildman–Crippen LogP) is -1.35. The van der Waals surface area contributed by atoms with E-state index in [0.29, 0.717) is 6.42 Å². The minimum absolute atomic E-state index is 0.150. The average Bonchev–Trinajstić information content (AvgIpc) is 2.40. The van der Waals surface area contributed by atoms with E-state index in [4.69, 9.17) is 9.79 Å². The normalized spacial score (nSPS) is 37.8. The second-order valence-corrected chi connectivity index (χ2v) is 5.36. The molecule has 4 N–H and O–H groups in total. The second kappa shape index (κ2) is 3.86. The summed E-state index contributed by atoms with van der Waals surface area (Å²) in [4.78, 5) is 40.8. The summed E-state index contributed by atoms with van der Waals surface area (Å²) in [6.07, 6.45) is -0.523. The number of carbonyl (C=O) groups is 2. The van der Waals surface area contributed by atoms with Crippen molar-refractivity contribution in [3.05, 3.63) is 0 Å². The molecule has 0 aromatic rings. The molecule has 0 aromatic carbocycles. The smallest absolute Gasteiger partial charge is 0.390 e. The van der Waals surface area contributed by atoms with Crippen LogP contribution >= 0.6 is 7.82 Å². The van der Waals surface area contributed by atoms with E-state index in [1.807, 2.05) is 5.32 Å². The molecule has 0 bridgehead atoms. The number of carbonyl (C=O) groups excluding carboxylic acids is 2. The van der Waals surface area contributed by atoms with Crippen LogP contribution in [0.2, 0.25) is 0 Å². The predicted molar refractivity (Wildman–Crippen MR) is 52.4 cm³/mol. The number of aliphatic hydroxyl groups is 1. The van der Waals surface area contributed by atoms with Gasteiger partial charge in [-0.25, -0.2) is 4.57 Å². The van der Waals surface area contributed by atoms with E-state index in [0.717, 1.165) is 0 Å². The number of nitrogens with one attached hydrogen (secondary N) is 1. The van der Waals surface area contributed by atoms with Crippen molar-refractivity contribution >= 4 is 19.6 Å². The Labute approximate surface area is 96.2 Å². The topological polar surface area (TPSA) is 133 Å². The Bertz CT molecular complexity index is 418. The third-order valence-electron chi connectivity index (χ3n) is 3.16. The molecule has 3 unspecified atom stereocenters. The van der Waals surface area contributed by atoms with Gasteiger partial charge in [0.25, 0.3) is 5.91 Å². The molecule has 9 heteroatoms. The first kappa shape index (κ1) is 12.7. The van der Waals surface area contributed by atoms with Crippen molar-refractivity contribution in [2.24, 2.45) is 5.92 Å². The van der Waals surface area contributed by atoms with Gasteiger partial charge in [-0.1, -0.05) is 0 Å². The number of aliphatic hydroxyl groups excluding tert-OH is 1. The van der Waals surface area contributed by atoms with Crippen molar-refractivity contribution < 1.29 is 33.6 Å². The molecule has 2 aliphatic rings. The zero-order chi connectivity index (χ0) is 12.8. The maximum absolute atomic E-state index is 11.7. The molecule has 0 aromatic heterocycles. The number of phosphoric acid groups is 1. The number of imide groups is 1. The third kappa shape index (κ3) is 1.92. The first-order valence-corrected chi connectivity index (χ1v) is 6.60. The maximum Gasteiger partial charge on any atom is 0.470 e. The third-order valence-corrected chi connectivity index (χ3v) is 3.70. The van der Waals surface area contributed by atoms with Crippen LogP contribution in [0.1, 0.15) is 19.3 Å². The Morgan fingerprint density at radius 2 is 2.00 bits per heavy atom. The summed E-state index contributed by atoms with van der Waals surface area (Å²) in [6.45, 7) is 0. The molecule has 0 spiro atoms. The van der Waals surface area contributed by atoms with E-state index in [-0.39, 0.29) is 12.8 Å². The molecule has 2 fully saturated rings. The van der Waals surface area contributed by atoms with Crippen LogP contribution in [0.15, 0.2) is 0 Å². The monoisotopic (exact) mass is 265 g/mol. The van der Waals surface area contributed by atoms with Gasteiger partial charge in [-0.05, 0) is 19.3 Å². The number of phosphoric ester groups is 1.